The van der Waals surface area contributed by atoms with Crippen LogP contribution in [0, 0.1) is 5.92 Å². The second kappa shape index (κ2) is 41.8. The van der Waals surface area contributed by atoms with Crippen molar-refractivity contribution in [1.29, 1.82) is 0 Å². The molecule has 0 aromatic heterocycles. The number of ether oxygens (including phenoxy) is 2. The SMILES string of the molecule is CCCCC/C=C\C/C=C\CCCCCCCC(=O)OCC(CCCCN(CCOS(C)(=O)=O)C1CCCCC1)COC(=O)CCCCCCC/C=C\C/C=C\CCCCC. The lowest BCUT2D eigenvalue weighted by Gasteiger charge is -2.34. The predicted octanol–water partition coefficient (Wildman–Crippen LogP) is 14.1. The Morgan fingerprint density at radius 2 is 1.00 bits per heavy atom. The van der Waals surface area contributed by atoms with Crippen LogP contribution in [0.5, 0.6) is 0 Å². The second-order valence-corrected chi connectivity index (χ2v) is 19.2. The lowest BCUT2D eigenvalue weighted by atomic mass is 9.94. The summed E-state index contributed by atoms with van der Waals surface area (Å²) < 4.78 is 39.8. The van der Waals surface area contributed by atoms with Crippen LogP contribution in [0.1, 0.15) is 219 Å². The third kappa shape index (κ3) is 39.1. The topological polar surface area (TPSA) is 99.2 Å². The molecule has 1 rings (SSSR count). The fourth-order valence-electron chi connectivity index (χ4n) is 7.92. The molecule has 0 bridgehead atoms. The maximum absolute atomic E-state index is 12.7. The van der Waals surface area contributed by atoms with E-state index < -0.39 is 10.1 Å². The lowest BCUT2D eigenvalue weighted by Crippen LogP contribution is -2.40. The van der Waals surface area contributed by atoms with Crippen molar-refractivity contribution in [2.24, 2.45) is 5.92 Å². The van der Waals surface area contributed by atoms with Gasteiger partial charge in [-0.25, -0.2) is 0 Å². The number of hydrogen-bond donors (Lipinski definition) is 0. The monoisotopic (exact) mass is 876 g/mol. The third-order valence-corrected chi connectivity index (χ3v) is 12.3. The highest BCUT2D eigenvalue weighted by Crippen LogP contribution is 2.24. The van der Waals surface area contributed by atoms with Gasteiger partial charge in [0.1, 0.15) is 0 Å². The van der Waals surface area contributed by atoms with Crippen LogP contribution < -0.4 is 0 Å². The lowest BCUT2D eigenvalue weighted by molar-refractivity contribution is -0.149. The molecule has 0 aliphatic heterocycles. The van der Waals surface area contributed by atoms with Crippen LogP contribution in [-0.4, -0.2) is 70.5 Å². The Balaban J connectivity index is 2.43. The van der Waals surface area contributed by atoms with Gasteiger partial charge in [0.25, 0.3) is 10.1 Å². The van der Waals surface area contributed by atoms with E-state index in [1.54, 1.807) is 0 Å². The van der Waals surface area contributed by atoms with E-state index >= 15 is 0 Å². The molecular formula is C52H93NO7S. The normalized spacial score (nSPS) is 14.2. The van der Waals surface area contributed by atoms with Crippen LogP contribution in [0.3, 0.4) is 0 Å². The van der Waals surface area contributed by atoms with E-state index in [-0.39, 0.29) is 37.7 Å². The Morgan fingerprint density at radius 3 is 1.46 bits per heavy atom. The third-order valence-electron chi connectivity index (χ3n) is 11.7. The number of carbonyl (C=O) groups excluding carboxylic acids is 2. The van der Waals surface area contributed by atoms with Crippen molar-refractivity contribution in [3.8, 4) is 0 Å². The number of rotatable bonds is 42. The van der Waals surface area contributed by atoms with E-state index in [1.165, 1.54) is 96.3 Å². The highest BCUT2D eigenvalue weighted by Gasteiger charge is 2.22. The van der Waals surface area contributed by atoms with Gasteiger partial charge in [-0.1, -0.05) is 152 Å². The molecule has 1 fully saturated rings. The molecule has 1 saturated carbocycles. The molecule has 8 nitrogen and oxygen atoms in total. The zero-order chi connectivity index (χ0) is 44.3. The fraction of sp³-hybridized carbons (Fsp3) is 0.808. The number of carbonyl (C=O) groups is 2. The molecule has 1 aliphatic rings. The minimum atomic E-state index is -3.47. The standard InChI is InChI=1S/C52H93NO7S/c1-4-6-8-10-12-14-16-18-20-22-24-26-28-30-35-42-51(54)58-47-49(39-37-38-44-53(45-46-60-61(3,56)57)50-40-33-32-34-41-50)48-59-52(55)43-36-31-29-27-25-23-21-19-17-15-13-11-9-7-5-2/h12-15,18-21,49-50H,4-11,16-17,22-48H2,1-3H3/b14-12-,15-13-,20-18-,21-19-. The molecular weight excluding hydrogens is 783 g/mol. The second-order valence-electron chi connectivity index (χ2n) is 17.5. The van der Waals surface area contributed by atoms with E-state index in [0.29, 0.717) is 25.4 Å². The Kier molecular flexibility index (Phi) is 38.9. The van der Waals surface area contributed by atoms with Crippen LogP contribution in [0.2, 0.25) is 0 Å². The van der Waals surface area contributed by atoms with Crippen LogP contribution in [0.15, 0.2) is 48.6 Å². The molecule has 0 unspecified atom stereocenters. The Hall–Kier alpha value is -2.23. The molecule has 0 aromatic carbocycles. The first-order valence-corrected chi connectivity index (χ1v) is 27.1. The summed E-state index contributed by atoms with van der Waals surface area (Å²) in [5, 5.41) is 0. The van der Waals surface area contributed by atoms with Crippen LogP contribution in [0.25, 0.3) is 0 Å². The van der Waals surface area contributed by atoms with Crippen molar-refractivity contribution in [1.82, 2.24) is 4.90 Å². The molecule has 0 atom stereocenters. The Morgan fingerprint density at radius 1 is 0.557 bits per heavy atom. The molecule has 9 heteroatoms. The molecule has 0 radical (unpaired) electrons. The van der Waals surface area contributed by atoms with Gasteiger partial charge >= 0.3 is 11.9 Å². The van der Waals surface area contributed by atoms with Crippen LogP contribution in [0.4, 0.5) is 0 Å². The fourth-order valence-corrected chi connectivity index (χ4v) is 8.30. The smallest absolute Gasteiger partial charge is 0.305 e. The molecule has 0 saturated heterocycles. The summed E-state index contributed by atoms with van der Waals surface area (Å²) >= 11 is 0. The van der Waals surface area contributed by atoms with Crippen LogP contribution >= 0.6 is 0 Å². The van der Waals surface area contributed by atoms with Crippen molar-refractivity contribution in [3.63, 3.8) is 0 Å². The molecule has 0 N–H and O–H groups in total. The van der Waals surface area contributed by atoms with Gasteiger partial charge in [-0.2, -0.15) is 8.42 Å². The molecule has 61 heavy (non-hydrogen) atoms. The zero-order valence-corrected chi connectivity index (χ0v) is 40.5. The van der Waals surface area contributed by atoms with E-state index in [4.69, 9.17) is 13.7 Å². The summed E-state index contributed by atoms with van der Waals surface area (Å²) in [5.41, 5.74) is 0. The summed E-state index contributed by atoms with van der Waals surface area (Å²) in [5.74, 6) is -0.373. The zero-order valence-electron chi connectivity index (χ0n) is 39.6. The summed E-state index contributed by atoms with van der Waals surface area (Å²) in [6, 6.07) is 0.457. The molecule has 0 aromatic rings. The first-order chi connectivity index (χ1) is 29.7. The van der Waals surface area contributed by atoms with Gasteiger partial charge in [-0.05, 0) is 109 Å². The van der Waals surface area contributed by atoms with Gasteiger partial charge in [-0.15, -0.1) is 0 Å². The molecule has 0 heterocycles. The number of nitrogens with zero attached hydrogens (tertiary/aromatic N) is 1. The molecule has 354 valence electrons. The minimum absolute atomic E-state index is 0.0428. The first kappa shape index (κ1) is 56.8. The number of allylic oxidation sites excluding steroid dienone is 8. The highest BCUT2D eigenvalue weighted by molar-refractivity contribution is 7.85. The largest absolute Gasteiger partial charge is 0.465 e. The highest BCUT2D eigenvalue weighted by atomic mass is 32.2. The molecule has 1 aliphatic carbocycles. The molecule has 0 spiro atoms. The van der Waals surface area contributed by atoms with Gasteiger partial charge < -0.3 is 9.47 Å². The van der Waals surface area contributed by atoms with Gasteiger partial charge in [-0.3, -0.25) is 18.7 Å². The number of esters is 2. The molecule has 0 amide bonds. The minimum Gasteiger partial charge on any atom is -0.465 e. The predicted molar refractivity (Wildman–Crippen MR) is 257 cm³/mol. The van der Waals surface area contributed by atoms with Crippen molar-refractivity contribution in [2.75, 3.05) is 39.2 Å². The number of hydrogen-bond acceptors (Lipinski definition) is 8. The quantitative estimate of drug-likeness (QED) is 0.0259. The summed E-state index contributed by atoms with van der Waals surface area (Å²) in [6.07, 6.45) is 54.0. The van der Waals surface area contributed by atoms with Crippen molar-refractivity contribution < 1.29 is 31.7 Å². The van der Waals surface area contributed by atoms with Crippen molar-refractivity contribution in [2.45, 2.75) is 225 Å². The maximum Gasteiger partial charge on any atom is 0.305 e. The average Bonchev–Trinajstić information content (AvgIpc) is 3.25. The van der Waals surface area contributed by atoms with Gasteiger partial charge in [0.05, 0.1) is 26.1 Å². The summed E-state index contributed by atoms with van der Waals surface area (Å²) in [6.45, 7) is 6.65. The van der Waals surface area contributed by atoms with E-state index in [2.05, 4.69) is 67.4 Å². The van der Waals surface area contributed by atoms with Crippen molar-refractivity contribution in [3.05, 3.63) is 48.6 Å². The van der Waals surface area contributed by atoms with E-state index in [0.717, 1.165) is 109 Å². The summed E-state index contributed by atoms with van der Waals surface area (Å²) in [7, 11) is -3.47. The van der Waals surface area contributed by atoms with E-state index in [1.807, 2.05) is 0 Å². The van der Waals surface area contributed by atoms with Crippen LogP contribution in [-0.2, 0) is 33.4 Å². The average molecular weight is 876 g/mol. The van der Waals surface area contributed by atoms with E-state index in [9.17, 15) is 18.0 Å². The first-order valence-electron chi connectivity index (χ1n) is 25.2. The maximum atomic E-state index is 12.7. The Bertz CT molecular complexity index is 1190. The summed E-state index contributed by atoms with van der Waals surface area (Å²) in [4.78, 5) is 27.9. The Labute approximate surface area is 376 Å². The van der Waals surface area contributed by atoms with Gasteiger partial charge in [0.15, 0.2) is 0 Å². The van der Waals surface area contributed by atoms with Crippen molar-refractivity contribution >= 4 is 22.1 Å². The van der Waals surface area contributed by atoms with Gasteiger partial charge in [0, 0.05) is 31.3 Å². The number of unbranched alkanes of at least 4 members (excludes halogenated alkanes) is 17. The van der Waals surface area contributed by atoms with Gasteiger partial charge in [0.2, 0.25) is 0 Å².